The molecule has 1 aromatic carbocycles. The van der Waals surface area contributed by atoms with Gasteiger partial charge in [0.05, 0.1) is 0 Å². The Labute approximate surface area is 58.3 Å². The van der Waals surface area contributed by atoms with Crippen LogP contribution in [0.25, 0.3) is 0 Å². The second-order valence-corrected chi connectivity index (χ2v) is 5.48. The molecule has 42 valence electrons. The van der Waals surface area contributed by atoms with E-state index in [4.69, 9.17) is 0 Å². The Morgan fingerprint density at radius 3 is 2.12 bits per heavy atom. The van der Waals surface area contributed by atoms with Crippen LogP contribution in [0.3, 0.4) is 0 Å². The van der Waals surface area contributed by atoms with E-state index in [0.717, 1.165) is 14.3 Å². The third-order valence-electron chi connectivity index (χ3n) is 0.979. The second kappa shape index (κ2) is 3.08. The number of hydrogen-bond acceptors (Lipinski definition) is 0. The van der Waals surface area contributed by atoms with Crippen LogP contribution in [-0.2, 0) is 0 Å². The van der Waals surface area contributed by atoms with Gasteiger partial charge >= 0.3 is 58.0 Å². The molecule has 1 rings (SSSR count). The van der Waals surface area contributed by atoms with Crippen molar-refractivity contribution in [2.45, 2.75) is 0 Å². The normalized spacial score (nSPS) is 9.50. The van der Waals surface area contributed by atoms with E-state index in [2.05, 4.69) is 30.3 Å². The van der Waals surface area contributed by atoms with E-state index in [0.29, 0.717) is 0 Å². The fraction of sp³-hybridized carbons (Fsp3) is 0. The van der Waals surface area contributed by atoms with Crippen LogP contribution >= 0.6 is 0 Å². The van der Waals surface area contributed by atoms with Gasteiger partial charge in [-0.05, 0) is 0 Å². The topological polar surface area (TPSA) is 0 Å². The Kier molecular flexibility index (Phi) is 2.34. The predicted octanol–water partition coefficient (Wildman–Crippen LogP) is -0.704. The van der Waals surface area contributed by atoms with Gasteiger partial charge in [0.15, 0.2) is 0 Å². The molecule has 0 bridgehead atoms. The summed E-state index contributed by atoms with van der Waals surface area (Å²) in [4.78, 5) is 0. The summed E-state index contributed by atoms with van der Waals surface area (Å²) in [5.74, 6) is 0. The molecule has 1 aromatic rings. The SMILES string of the molecule is [SiH3][Se]c1ccccc1. The summed E-state index contributed by atoms with van der Waals surface area (Å²) in [5, 5.41) is 0. The predicted molar refractivity (Wildman–Crippen MR) is 41.8 cm³/mol. The van der Waals surface area contributed by atoms with Crippen molar-refractivity contribution < 1.29 is 0 Å². The first-order valence-corrected chi connectivity index (χ1v) is 9.34. The van der Waals surface area contributed by atoms with Gasteiger partial charge in [-0.15, -0.1) is 0 Å². The van der Waals surface area contributed by atoms with Crippen molar-refractivity contribution >= 4 is 27.6 Å². The van der Waals surface area contributed by atoms with E-state index < -0.39 is 0 Å². The molecule has 0 saturated carbocycles. The third kappa shape index (κ3) is 1.48. The van der Waals surface area contributed by atoms with Gasteiger partial charge in [0.2, 0.25) is 0 Å². The summed E-state index contributed by atoms with van der Waals surface area (Å²) in [6.45, 7) is 0. The molecule has 0 fully saturated rings. The number of benzene rings is 1. The van der Waals surface area contributed by atoms with Crippen molar-refractivity contribution in [2.75, 3.05) is 0 Å². The summed E-state index contributed by atoms with van der Waals surface area (Å²) in [5.41, 5.74) is 0. The quantitative estimate of drug-likeness (QED) is 0.510. The molecule has 0 nitrogen and oxygen atoms in total. The second-order valence-electron chi connectivity index (χ2n) is 1.52. The molecule has 2 heteroatoms. The van der Waals surface area contributed by atoms with Crippen molar-refractivity contribution in [3.05, 3.63) is 30.3 Å². The Bertz CT molecular complexity index is 150. The third-order valence-corrected chi connectivity index (χ3v) is 4.99. The van der Waals surface area contributed by atoms with Crippen LogP contribution in [0.5, 0.6) is 0 Å². The van der Waals surface area contributed by atoms with Crippen LogP contribution in [0.15, 0.2) is 30.3 Å². The molecule has 0 radical (unpaired) electrons. The van der Waals surface area contributed by atoms with Crippen molar-refractivity contribution in [3.8, 4) is 0 Å². The number of hydrogen-bond donors (Lipinski definition) is 0. The van der Waals surface area contributed by atoms with Gasteiger partial charge in [-0.1, -0.05) is 0 Å². The number of rotatable bonds is 1. The Morgan fingerprint density at radius 1 is 1.12 bits per heavy atom. The van der Waals surface area contributed by atoms with E-state index in [-0.39, 0.29) is 0 Å². The fourth-order valence-corrected chi connectivity index (χ4v) is 2.87. The summed E-state index contributed by atoms with van der Waals surface area (Å²) >= 11 is 0.807. The molecule has 0 aromatic heterocycles. The molecule has 8 heavy (non-hydrogen) atoms. The molecule has 0 aliphatic rings. The zero-order valence-electron chi connectivity index (χ0n) is 4.79. The first-order chi connectivity index (χ1) is 3.93. The molecule has 0 aliphatic carbocycles. The molecular weight excluding hydrogens is 179 g/mol. The van der Waals surface area contributed by atoms with Gasteiger partial charge in [-0.3, -0.25) is 0 Å². The van der Waals surface area contributed by atoms with Crippen LogP contribution in [0.4, 0.5) is 0 Å². The van der Waals surface area contributed by atoms with Crippen LogP contribution in [0.1, 0.15) is 0 Å². The fourth-order valence-electron chi connectivity index (χ4n) is 0.557. The average Bonchev–Trinajstić information content (AvgIpc) is 1.90. The first-order valence-electron chi connectivity index (χ1n) is 2.52. The molecule has 0 amide bonds. The van der Waals surface area contributed by atoms with Gasteiger partial charge in [-0.25, -0.2) is 0 Å². The first kappa shape index (κ1) is 6.08. The van der Waals surface area contributed by atoms with Crippen molar-refractivity contribution in [1.82, 2.24) is 0 Å². The van der Waals surface area contributed by atoms with Crippen LogP contribution in [-0.4, -0.2) is 23.2 Å². The van der Waals surface area contributed by atoms with Crippen molar-refractivity contribution in [3.63, 3.8) is 0 Å². The Hall–Kier alpha value is -0.0436. The summed E-state index contributed by atoms with van der Waals surface area (Å²) in [7, 11) is 1.34. The maximum atomic E-state index is 2.20. The van der Waals surface area contributed by atoms with Gasteiger partial charge in [-0.2, -0.15) is 0 Å². The van der Waals surface area contributed by atoms with Crippen LogP contribution in [0.2, 0.25) is 0 Å². The molecule has 0 heterocycles. The monoisotopic (exact) mass is 188 g/mol. The van der Waals surface area contributed by atoms with Crippen LogP contribution in [0, 0.1) is 0 Å². The molecule has 0 N–H and O–H groups in total. The maximum absolute atomic E-state index is 2.20. The van der Waals surface area contributed by atoms with Gasteiger partial charge in [0.1, 0.15) is 0 Å². The van der Waals surface area contributed by atoms with E-state index in [9.17, 15) is 0 Å². The molecule has 0 atom stereocenters. The minimum absolute atomic E-state index is 0.807. The average molecular weight is 187 g/mol. The Morgan fingerprint density at radius 2 is 1.75 bits per heavy atom. The van der Waals surface area contributed by atoms with Crippen LogP contribution < -0.4 is 4.46 Å². The van der Waals surface area contributed by atoms with E-state index >= 15 is 0 Å². The Balaban J connectivity index is 2.83. The van der Waals surface area contributed by atoms with Gasteiger partial charge in [0.25, 0.3) is 0 Å². The van der Waals surface area contributed by atoms with Crippen molar-refractivity contribution in [1.29, 1.82) is 0 Å². The molecule has 0 aliphatic heterocycles. The van der Waals surface area contributed by atoms with Gasteiger partial charge < -0.3 is 0 Å². The van der Waals surface area contributed by atoms with E-state index in [1.807, 2.05) is 0 Å². The zero-order valence-corrected chi connectivity index (χ0v) is 8.51. The standard InChI is InChI=1S/C6H8SeSi/c8-7-6-4-2-1-3-5-6/h1-5H,8H3. The summed E-state index contributed by atoms with van der Waals surface area (Å²) < 4.78 is 1.53. The summed E-state index contributed by atoms with van der Waals surface area (Å²) in [6, 6.07) is 10.7. The van der Waals surface area contributed by atoms with Crippen molar-refractivity contribution in [2.24, 2.45) is 0 Å². The molecule has 0 spiro atoms. The molecule has 0 saturated heterocycles. The van der Waals surface area contributed by atoms with Gasteiger partial charge in [0, 0.05) is 0 Å². The molecular formula is C6H8SeSi. The zero-order chi connectivity index (χ0) is 5.82. The van der Waals surface area contributed by atoms with E-state index in [1.54, 1.807) is 0 Å². The molecule has 0 unspecified atom stereocenters. The summed E-state index contributed by atoms with van der Waals surface area (Å²) in [6.07, 6.45) is 0. The van der Waals surface area contributed by atoms with E-state index in [1.165, 1.54) is 13.3 Å². The minimum atomic E-state index is 0.807.